The molecule has 7 heteroatoms. The van der Waals surface area contributed by atoms with E-state index in [1.54, 1.807) is 27.7 Å². The molecule has 1 aliphatic rings. The standard InChI is InChI=1S/C18H26N2O5/c1-10(2)25-17(22)15-11(3)16(19-12(15)4)18(23)24-9-14(21)20-13-7-5-6-8-13/h10,13,19H,5-9H2,1-4H3,(H,20,21). The third-order valence-corrected chi connectivity index (χ3v) is 4.24. The number of H-pyrrole nitrogens is 1. The van der Waals surface area contributed by atoms with E-state index < -0.39 is 11.9 Å². The molecule has 0 atom stereocenters. The van der Waals surface area contributed by atoms with Gasteiger partial charge in [0.05, 0.1) is 11.7 Å². The molecule has 0 saturated heterocycles. The van der Waals surface area contributed by atoms with Crippen molar-refractivity contribution in [2.45, 2.75) is 65.5 Å². The molecule has 25 heavy (non-hydrogen) atoms. The lowest BCUT2D eigenvalue weighted by Gasteiger charge is -2.11. The Balaban J connectivity index is 1.97. The number of hydrogen-bond donors (Lipinski definition) is 2. The van der Waals surface area contributed by atoms with Crippen LogP contribution in [-0.4, -0.2) is 41.6 Å². The van der Waals surface area contributed by atoms with Gasteiger partial charge in [0, 0.05) is 11.7 Å². The van der Waals surface area contributed by atoms with E-state index in [4.69, 9.17) is 9.47 Å². The van der Waals surface area contributed by atoms with Gasteiger partial charge in [-0.3, -0.25) is 4.79 Å². The molecule has 1 aromatic rings. The second kappa shape index (κ2) is 8.18. The van der Waals surface area contributed by atoms with Crippen LogP contribution in [0.2, 0.25) is 0 Å². The third kappa shape index (κ3) is 4.84. The van der Waals surface area contributed by atoms with Crippen molar-refractivity contribution in [3.05, 3.63) is 22.5 Å². The van der Waals surface area contributed by atoms with Crippen molar-refractivity contribution >= 4 is 17.8 Å². The zero-order valence-electron chi connectivity index (χ0n) is 15.2. The summed E-state index contributed by atoms with van der Waals surface area (Å²) in [5.41, 5.74) is 1.49. The zero-order valence-corrected chi connectivity index (χ0v) is 15.2. The van der Waals surface area contributed by atoms with Crippen LogP contribution >= 0.6 is 0 Å². The Morgan fingerprint density at radius 3 is 2.40 bits per heavy atom. The molecule has 1 saturated carbocycles. The highest BCUT2D eigenvalue weighted by Crippen LogP contribution is 2.20. The molecule has 1 aliphatic carbocycles. The smallest absolute Gasteiger partial charge is 0.355 e. The molecule has 2 N–H and O–H groups in total. The predicted molar refractivity (Wildman–Crippen MR) is 91.5 cm³/mol. The van der Waals surface area contributed by atoms with Crippen LogP contribution in [0.3, 0.4) is 0 Å². The molecule has 0 spiro atoms. The maximum atomic E-state index is 12.2. The average molecular weight is 350 g/mol. The molecule has 0 bridgehead atoms. The topological polar surface area (TPSA) is 97.5 Å². The number of carbonyl (C=O) groups is 3. The number of aromatic amines is 1. The Kier molecular flexibility index (Phi) is 6.22. The quantitative estimate of drug-likeness (QED) is 0.768. The van der Waals surface area contributed by atoms with Gasteiger partial charge in [0.15, 0.2) is 6.61 Å². The summed E-state index contributed by atoms with van der Waals surface area (Å²) in [5, 5.41) is 2.86. The summed E-state index contributed by atoms with van der Waals surface area (Å²) in [7, 11) is 0. The van der Waals surface area contributed by atoms with Gasteiger partial charge in [-0.05, 0) is 46.1 Å². The highest BCUT2D eigenvalue weighted by Gasteiger charge is 2.25. The van der Waals surface area contributed by atoms with E-state index in [2.05, 4.69) is 10.3 Å². The zero-order chi connectivity index (χ0) is 18.6. The molecule has 0 unspecified atom stereocenters. The van der Waals surface area contributed by atoms with Crippen molar-refractivity contribution in [2.24, 2.45) is 0 Å². The van der Waals surface area contributed by atoms with Gasteiger partial charge in [-0.2, -0.15) is 0 Å². The summed E-state index contributed by atoms with van der Waals surface area (Å²) in [6, 6.07) is 0.179. The van der Waals surface area contributed by atoms with Crippen molar-refractivity contribution in [2.75, 3.05) is 6.61 Å². The molecule has 1 amide bonds. The van der Waals surface area contributed by atoms with Crippen LogP contribution in [0.1, 0.15) is 71.6 Å². The lowest BCUT2D eigenvalue weighted by Crippen LogP contribution is -2.36. The Morgan fingerprint density at radius 2 is 1.80 bits per heavy atom. The van der Waals surface area contributed by atoms with Crippen molar-refractivity contribution in [3.63, 3.8) is 0 Å². The molecule has 138 valence electrons. The van der Waals surface area contributed by atoms with Crippen molar-refractivity contribution in [1.29, 1.82) is 0 Å². The first kappa shape index (κ1) is 19.0. The maximum absolute atomic E-state index is 12.2. The molecule has 1 fully saturated rings. The fourth-order valence-corrected chi connectivity index (χ4v) is 3.08. The number of ether oxygens (including phenoxy) is 2. The Bertz CT molecular complexity index is 657. The summed E-state index contributed by atoms with van der Waals surface area (Å²) in [6.45, 7) is 6.52. The predicted octanol–water partition coefficient (Wildman–Crippen LogP) is 2.41. The molecular formula is C18H26N2O5. The van der Waals surface area contributed by atoms with Gasteiger partial charge in [-0.15, -0.1) is 0 Å². The number of aromatic nitrogens is 1. The average Bonchev–Trinajstić information content (AvgIpc) is 3.12. The van der Waals surface area contributed by atoms with E-state index in [0.29, 0.717) is 16.8 Å². The summed E-state index contributed by atoms with van der Waals surface area (Å²) in [5.74, 6) is -1.45. The normalized spacial score (nSPS) is 14.6. The minimum atomic E-state index is -0.661. The van der Waals surface area contributed by atoms with Crippen molar-refractivity contribution < 1.29 is 23.9 Å². The maximum Gasteiger partial charge on any atom is 0.355 e. The second-order valence-corrected chi connectivity index (χ2v) is 6.70. The van der Waals surface area contributed by atoms with E-state index in [-0.39, 0.29) is 30.4 Å². The van der Waals surface area contributed by atoms with Crippen LogP contribution in [0, 0.1) is 13.8 Å². The molecule has 1 heterocycles. The van der Waals surface area contributed by atoms with Gasteiger partial charge in [0.1, 0.15) is 5.69 Å². The number of nitrogens with one attached hydrogen (secondary N) is 2. The summed E-state index contributed by atoms with van der Waals surface area (Å²) in [6.07, 6.45) is 3.91. The molecule has 2 rings (SSSR count). The minimum Gasteiger partial charge on any atom is -0.459 e. The number of aryl methyl sites for hydroxylation is 1. The van der Waals surface area contributed by atoms with Crippen LogP contribution in [0.4, 0.5) is 0 Å². The van der Waals surface area contributed by atoms with E-state index in [9.17, 15) is 14.4 Å². The first-order valence-electron chi connectivity index (χ1n) is 8.66. The van der Waals surface area contributed by atoms with E-state index in [1.165, 1.54) is 0 Å². The molecule has 7 nitrogen and oxygen atoms in total. The number of amides is 1. The first-order chi connectivity index (χ1) is 11.8. The van der Waals surface area contributed by atoms with Crippen LogP contribution < -0.4 is 5.32 Å². The van der Waals surface area contributed by atoms with Gasteiger partial charge in [-0.25, -0.2) is 9.59 Å². The van der Waals surface area contributed by atoms with Crippen molar-refractivity contribution in [3.8, 4) is 0 Å². The third-order valence-electron chi connectivity index (χ3n) is 4.24. The number of hydrogen-bond acceptors (Lipinski definition) is 5. The van der Waals surface area contributed by atoms with E-state index in [1.807, 2.05) is 0 Å². The lowest BCUT2D eigenvalue weighted by molar-refractivity contribution is -0.124. The summed E-state index contributed by atoms with van der Waals surface area (Å²) >= 11 is 0. The molecule has 0 aliphatic heterocycles. The molecule has 1 aromatic heterocycles. The molecular weight excluding hydrogens is 324 g/mol. The van der Waals surface area contributed by atoms with Crippen LogP contribution in [0.5, 0.6) is 0 Å². The second-order valence-electron chi connectivity index (χ2n) is 6.70. The number of carbonyl (C=O) groups excluding carboxylic acids is 3. The Labute approximate surface area is 147 Å². The number of esters is 2. The Morgan fingerprint density at radius 1 is 1.16 bits per heavy atom. The monoisotopic (exact) mass is 350 g/mol. The highest BCUT2D eigenvalue weighted by molar-refractivity contribution is 5.99. The summed E-state index contributed by atoms with van der Waals surface area (Å²) < 4.78 is 10.3. The van der Waals surface area contributed by atoms with Gasteiger partial charge < -0.3 is 19.8 Å². The van der Waals surface area contributed by atoms with Crippen molar-refractivity contribution in [1.82, 2.24) is 10.3 Å². The largest absolute Gasteiger partial charge is 0.459 e. The fourth-order valence-electron chi connectivity index (χ4n) is 3.08. The van der Waals surface area contributed by atoms with Crippen LogP contribution in [0.25, 0.3) is 0 Å². The summed E-state index contributed by atoms with van der Waals surface area (Å²) in [4.78, 5) is 39.1. The first-order valence-corrected chi connectivity index (χ1v) is 8.66. The SMILES string of the molecule is Cc1[nH]c(C(=O)OCC(=O)NC2CCCC2)c(C)c1C(=O)OC(C)C. The van der Waals surface area contributed by atoms with Gasteiger partial charge in [0.2, 0.25) is 0 Å². The fraction of sp³-hybridized carbons (Fsp3) is 0.611. The van der Waals surface area contributed by atoms with E-state index in [0.717, 1.165) is 25.7 Å². The van der Waals surface area contributed by atoms with Gasteiger partial charge in [0.25, 0.3) is 5.91 Å². The molecule has 0 aromatic carbocycles. The highest BCUT2D eigenvalue weighted by atomic mass is 16.5. The minimum absolute atomic E-state index is 0.168. The Hall–Kier alpha value is -2.31. The van der Waals surface area contributed by atoms with Crippen LogP contribution in [-0.2, 0) is 14.3 Å². The van der Waals surface area contributed by atoms with E-state index >= 15 is 0 Å². The van der Waals surface area contributed by atoms with Gasteiger partial charge >= 0.3 is 11.9 Å². The van der Waals surface area contributed by atoms with Crippen LogP contribution in [0.15, 0.2) is 0 Å². The lowest BCUT2D eigenvalue weighted by atomic mass is 10.1. The molecule has 0 radical (unpaired) electrons. The number of rotatable bonds is 6. The van der Waals surface area contributed by atoms with Gasteiger partial charge in [-0.1, -0.05) is 12.8 Å².